The summed E-state index contributed by atoms with van der Waals surface area (Å²) >= 11 is 6.58. The molecule has 0 aliphatic rings. The third-order valence-corrected chi connectivity index (χ3v) is 10.4. The second-order valence-corrected chi connectivity index (χ2v) is 14.7. The highest BCUT2D eigenvalue weighted by atomic mass is 35.5. The Bertz CT molecular complexity index is 1320. The van der Waals surface area contributed by atoms with Gasteiger partial charge in [-0.25, -0.2) is 4.98 Å². The number of aromatic amines is 1. The maximum atomic E-state index is 13.7. The zero-order chi connectivity index (χ0) is 31.5. The van der Waals surface area contributed by atoms with E-state index < -0.39 is 13.3 Å². The zero-order valence-electron chi connectivity index (χ0n) is 26.9. The van der Waals surface area contributed by atoms with Crippen molar-refractivity contribution in [1.82, 2.24) is 19.8 Å². The third-order valence-electron chi connectivity index (χ3n) is 7.53. The quantitative estimate of drug-likeness (QED) is 0.100. The minimum atomic E-state index is -3.64. The molecular weight excluding hydrogens is 585 g/mol. The predicted octanol–water partition coefficient (Wildman–Crippen LogP) is 9.56. The van der Waals surface area contributed by atoms with Crippen molar-refractivity contribution in [1.29, 1.82) is 0 Å². The Morgan fingerprint density at radius 3 is 2.02 bits per heavy atom. The number of hydrogen-bond acceptors (Lipinski definition) is 6. The highest BCUT2D eigenvalue weighted by Crippen LogP contribution is 2.55. The van der Waals surface area contributed by atoms with E-state index in [-0.39, 0.29) is 24.5 Å². The molecule has 11 heteroatoms. The van der Waals surface area contributed by atoms with E-state index in [9.17, 15) is 9.36 Å². The fourth-order valence-electron chi connectivity index (χ4n) is 5.18. The van der Waals surface area contributed by atoms with Gasteiger partial charge in [0.2, 0.25) is 5.91 Å². The first-order chi connectivity index (χ1) is 20.5. The first kappa shape index (κ1) is 35.3. The van der Waals surface area contributed by atoms with Crippen LogP contribution in [0.15, 0.2) is 24.3 Å². The topological polar surface area (TPSA) is 111 Å². The molecule has 0 fully saturated rings. The summed E-state index contributed by atoms with van der Waals surface area (Å²) < 4.78 is 26.5. The van der Waals surface area contributed by atoms with Crippen LogP contribution in [-0.2, 0) is 23.8 Å². The van der Waals surface area contributed by atoms with Crippen LogP contribution in [0.2, 0.25) is 5.02 Å². The van der Waals surface area contributed by atoms with Crippen molar-refractivity contribution in [2.45, 2.75) is 123 Å². The Morgan fingerprint density at radius 1 is 0.953 bits per heavy atom. The Hall–Kier alpha value is -2.19. The van der Waals surface area contributed by atoms with Gasteiger partial charge in [-0.1, -0.05) is 104 Å². The van der Waals surface area contributed by atoms with Crippen LogP contribution in [0.1, 0.15) is 118 Å². The Labute approximate surface area is 262 Å². The van der Waals surface area contributed by atoms with Crippen LogP contribution >= 0.6 is 19.2 Å². The molecule has 0 bridgehead atoms. The molecule has 2 heterocycles. The summed E-state index contributed by atoms with van der Waals surface area (Å²) in [7, 11) is -3.64. The molecule has 0 saturated heterocycles. The van der Waals surface area contributed by atoms with E-state index in [1.54, 1.807) is 30.6 Å². The van der Waals surface area contributed by atoms with Gasteiger partial charge in [-0.05, 0) is 44.5 Å². The molecule has 240 valence electrons. The van der Waals surface area contributed by atoms with Gasteiger partial charge in [-0.15, -0.1) is 5.10 Å². The molecule has 0 radical (unpaired) electrons. The third kappa shape index (κ3) is 9.90. The second kappa shape index (κ2) is 16.8. The van der Waals surface area contributed by atoms with Crippen molar-refractivity contribution in [3.63, 3.8) is 0 Å². The lowest BCUT2D eigenvalue weighted by Gasteiger charge is -2.25. The number of nitrogens with zero attached hydrogens (tertiary/aromatic N) is 3. The molecule has 3 rings (SSSR count). The van der Waals surface area contributed by atoms with Crippen molar-refractivity contribution in [2.24, 2.45) is 0 Å². The molecule has 0 aliphatic heterocycles. The molecule has 2 aromatic heterocycles. The Kier molecular flexibility index (Phi) is 13.8. The molecule has 1 unspecified atom stereocenters. The van der Waals surface area contributed by atoms with Gasteiger partial charge in [0, 0.05) is 16.7 Å². The minimum Gasteiger partial charge on any atom is -0.325 e. The van der Waals surface area contributed by atoms with Crippen molar-refractivity contribution in [2.75, 3.05) is 18.5 Å². The number of hydrogen-bond donors (Lipinski definition) is 2. The fourth-order valence-corrected chi connectivity index (χ4v) is 7.63. The van der Waals surface area contributed by atoms with Crippen LogP contribution in [0.25, 0.3) is 17.0 Å². The monoisotopic (exact) mass is 635 g/mol. The number of halogens is 1. The van der Waals surface area contributed by atoms with Gasteiger partial charge in [0.25, 0.3) is 0 Å². The summed E-state index contributed by atoms with van der Waals surface area (Å²) in [5.41, 5.74) is 1.75. The average molecular weight is 636 g/mol. The van der Waals surface area contributed by atoms with E-state index >= 15 is 0 Å². The fraction of sp³-hybridized carbons (Fsp3) is 0.656. The molecule has 3 aromatic rings. The van der Waals surface area contributed by atoms with Crippen molar-refractivity contribution in [3.05, 3.63) is 35.0 Å². The summed E-state index contributed by atoms with van der Waals surface area (Å²) in [6.07, 6.45) is 12.3. The smallest absolute Gasteiger partial charge is 0.325 e. The first-order valence-electron chi connectivity index (χ1n) is 16.0. The van der Waals surface area contributed by atoms with Gasteiger partial charge in [0.15, 0.2) is 11.5 Å². The highest BCUT2D eigenvalue weighted by Gasteiger charge is 2.40. The lowest BCUT2D eigenvalue weighted by molar-refractivity contribution is -0.116. The number of benzene rings is 1. The van der Waals surface area contributed by atoms with Gasteiger partial charge in [-0.3, -0.25) is 14.5 Å². The molecule has 43 heavy (non-hydrogen) atoms. The number of anilines is 1. The van der Waals surface area contributed by atoms with Gasteiger partial charge in [0.1, 0.15) is 10.7 Å². The van der Waals surface area contributed by atoms with Crippen molar-refractivity contribution in [3.8, 4) is 11.4 Å². The van der Waals surface area contributed by atoms with Crippen LogP contribution in [0.5, 0.6) is 0 Å². The standard InChI is InChI=1S/C32H51ClN5O4P/c1-7-10-11-12-13-14-15-16-17-18-19-26(43(40,41-8-2)42-9-3)31(39)34-25-22-20-24(21-23-25)29-35-30-27(33)28(32(4,5)6)36-38(30)37-29/h20-23,26,36H,7-19H2,1-6H3,(H,34,39). The first-order valence-corrected chi connectivity index (χ1v) is 18.0. The maximum Gasteiger partial charge on any atom is 0.343 e. The Balaban J connectivity index is 1.63. The molecule has 2 N–H and O–H groups in total. The normalized spacial score (nSPS) is 13.1. The number of fused-ring (bicyclic) bond motifs is 1. The molecule has 0 saturated carbocycles. The molecule has 1 aromatic carbocycles. The summed E-state index contributed by atoms with van der Waals surface area (Å²) in [6, 6.07) is 7.25. The van der Waals surface area contributed by atoms with Crippen molar-refractivity contribution < 1.29 is 18.4 Å². The van der Waals surface area contributed by atoms with Crippen LogP contribution in [0, 0.1) is 0 Å². The predicted molar refractivity (Wildman–Crippen MR) is 176 cm³/mol. The van der Waals surface area contributed by atoms with Crippen LogP contribution in [-0.4, -0.2) is 44.6 Å². The Morgan fingerprint density at radius 2 is 1.51 bits per heavy atom. The number of carbonyl (C=O) groups is 1. The SMILES string of the molecule is CCCCCCCCCCCCC(C(=O)Nc1ccc(-c2nc3c(Cl)c(C(C)(C)C)[nH]n3n2)cc1)P(=O)(OCC)OCC. The number of amides is 1. The largest absolute Gasteiger partial charge is 0.343 e. The van der Waals surface area contributed by atoms with Gasteiger partial charge < -0.3 is 14.4 Å². The van der Waals surface area contributed by atoms with E-state index in [0.29, 0.717) is 28.6 Å². The van der Waals surface area contributed by atoms with E-state index in [4.69, 9.17) is 20.6 Å². The number of rotatable bonds is 19. The van der Waals surface area contributed by atoms with E-state index in [1.807, 2.05) is 12.1 Å². The lowest BCUT2D eigenvalue weighted by atomic mass is 9.92. The number of unbranched alkanes of at least 4 members (excludes halogenated alkanes) is 9. The van der Waals surface area contributed by atoms with Crippen LogP contribution in [0.3, 0.4) is 0 Å². The second-order valence-electron chi connectivity index (χ2n) is 12.2. The van der Waals surface area contributed by atoms with Gasteiger partial charge >= 0.3 is 7.60 Å². The van der Waals surface area contributed by atoms with Gasteiger partial charge in [0.05, 0.1) is 18.9 Å². The van der Waals surface area contributed by atoms with E-state index in [1.165, 1.54) is 44.9 Å². The number of H-pyrrole nitrogens is 1. The average Bonchev–Trinajstić information content (AvgIpc) is 3.51. The molecule has 9 nitrogen and oxygen atoms in total. The molecule has 1 amide bonds. The highest BCUT2D eigenvalue weighted by molar-refractivity contribution is 7.55. The van der Waals surface area contributed by atoms with Crippen LogP contribution < -0.4 is 5.32 Å². The molecule has 0 spiro atoms. The van der Waals surface area contributed by atoms with Gasteiger partial charge in [-0.2, -0.15) is 4.63 Å². The lowest BCUT2D eigenvalue weighted by Crippen LogP contribution is -2.29. The molecule has 1 atom stereocenters. The summed E-state index contributed by atoms with van der Waals surface area (Å²) in [4.78, 5) is 18.1. The molecular formula is C32H51ClN5O4P. The summed E-state index contributed by atoms with van der Waals surface area (Å²) in [6.45, 7) is 12.4. The summed E-state index contributed by atoms with van der Waals surface area (Å²) in [5.74, 6) is 0.159. The van der Waals surface area contributed by atoms with E-state index in [2.05, 4.69) is 48.2 Å². The zero-order valence-corrected chi connectivity index (χ0v) is 28.5. The minimum absolute atomic E-state index is 0.167. The molecule has 0 aliphatic carbocycles. The van der Waals surface area contributed by atoms with Crippen LogP contribution in [0.4, 0.5) is 5.69 Å². The van der Waals surface area contributed by atoms with Crippen molar-refractivity contribution >= 4 is 36.4 Å². The number of carbonyl (C=O) groups excluding carboxylic acids is 1. The van der Waals surface area contributed by atoms with E-state index in [0.717, 1.165) is 30.5 Å². The number of nitrogens with one attached hydrogen (secondary N) is 2. The number of aromatic nitrogens is 4. The summed E-state index contributed by atoms with van der Waals surface area (Å²) in [5, 5.41) is 11.3. The maximum absolute atomic E-state index is 13.7.